The van der Waals surface area contributed by atoms with Crippen LogP contribution >= 0.6 is 0 Å². The summed E-state index contributed by atoms with van der Waals surface area (Å²) in [6.07, 6.45) is -3.31. The van der Waals surface area contributed by atoms with E-state index in [1.807, 2.05) is 19.9 Å². The van der Waals surface area contributed by atoms with Crippen molar-refractivity contribution in [2.24, 2.45) is 16.1 Å². The highest BCUT2D eigenvalue weighted by atomic mass is 19.4. The van der Waals surface area contributed by atoms with Gasteiger partial charge in [-0.1, -0.05) is 6.07 Å². The van der Waals surface area contributed by atoms with Gasteiger partial charge in [0, 0.05) is 18.2 Å². The van der Waals surface area contributed by atoms with Crippen molar-refractivity contribution in [3.8, 4) is 5.75 Å². The summed E-state index contributed by atoms with van der Waals surface area (Å²) >= 11 is 0. The van der Waals surface area contributed by atoms with Crippen LogP contribution < -0.4 is 10.5 Å². The molecule has 0 amide bonds. The van der Waals surface area contributed by atoms with Gasteiger partial charge in [-0.15, -0.1) is 0 Å². The molecule has 176 valence electrons. The first-order chi connectivity index (χ1) is 15.4. The molecule has 0 saturated carbocycles. The highest BCUT2D eigenvalue weighted by Gasteiger charge is 2.71. The second kappa shape index (κ2) is 6.96. The molecular weight excluding hydrogens is 441 g/mol. The van der Waals surface area contributed by atoms with Crippen LogP contribution in [0, 0.1) is 5.41 Å². The monoisotopic (exact) mass is 464 g/mol. The Balaban J connectivity index is 1.47. The average Bonchev–Trinajstić information content (AvgIpc) is 3.27. The lowest BCUT2D eigenvalue weighted by atomic mass is 9.55. The molecule has 1 aromatic carbocycles. The van der Waals surface area contributed by atoms with Crippen molar-refractivity contribution in [3.63, 3.8) is 0 Å². The lowest BCUT2D eigenvalue weighted by molar-refractivity contribution is -0.247. The van der Waals surface area contributed by atoms with Gasteiger partial charge in [0.05, 0.1) is 18.6 Å². The van der Waals surface area contributed by atoms with E-state index in [1.54, 1.807) is 12.1 Å². The number of hydrogen-bond donors (Lipinski definition) is 1. The number of carbonyl (C=O) groups excluding carboxylic acids is 1. The number of aromatic nitrogens is 2. The average molecular weight is 464 g/mol. The number of aliphatic imine (C=N–C) groups is 1. The third-order valence-corrected chi connectivity index (χ3v) is 6.86. The van der Waals surface area contributed by atoms with Gasteiger partial charge in [0.2, 0.25) is 0 Å². The molecule has 8 nitrogen and oxygen atoms in total. The van der Waals surface area contributed by atoms with Crippen molar-refractivity contribution in [3.05, 3.63) is 47.3 Å². The summed E-state index contributed by atoms with van der Waals surface area (Å²) in [5, 5.41) is 3.77. The van der Waals surface area contributed by atoms with E-state index < -0.39 is 35.1 Å². The number of ketones is 1. The van der Waals surface area contributed by atoms with Crippen LogP contribution in [0.5, 0.6) is 5.75 Å². The molecule has 0 bridgehead atoms. The number of fused-ring (bicyclic) bond motifs is 3. The van der Waals surface area contributed by atoms with E-state index in [2.05, 4.69) is 5.10 Å². The van der Waals surface area contributed by atoms with Crippen molar-refractivity contribution in [1.29, 1.82) is 0 Å². The Labute approximate surface area is 187 Å². The summed E-state index contributed by atoms with van der Waals surface area (Å²) in [6, 6.07) is 6.74. The van der Waals surface area contributed by atoms with Crippen molar-refractivity contribution < 1.29 is 32.2 Å². The number of amidine groups is 1. The molecule has 3 aliphatic heterocycles. The first-order valence-corrected chi connectivity index (χ1v) is 10.5. The molecular formula is C22H23F3N4O4. The Kier molecular flexibility index (Phi) is 4.59. The molecule has 1 unspecified atom stereocenters. The smallest absolute Gasteiger partial charge is 0.408 e. The van der Waals surface area contributed by atoms with Crippen LogP contribution in [-0.4, -0.2) is 53.2 Å². The van der Waals surface area contributed by atoms with Gasteiger partial charge in [0.1, 0.15) is 35.7 Å². The Morgan fingerprint density at radius 1 is 1.21 bits per heavy atom. The number of nitrogens with zero attached hydrogens (tertiary/aromatic N) is 3. The van der Waals surface area contributed by atoms with Crippen LogP contribution in [-0.2, 0) is 28.0 Å². The number of Topliss-reactive ketones (excluding diaryl/α,β-unsaturated/α-hetero) is 1. The van der Waals surface area contributed by atoms with Crippen LogP contribution in [0.1, 0.15) is 35.5 Å². The Bertz CT molecular complexity index is 1150. The third-order valence-electron chi connectivity index (χ3n) is 6.86. The minimum Gasteiger partial charge on any atom is -0.487 e. The largest absolute Gasteiger partial charge is 0.487 e. The molecule has 1 atom stereocenters. The van der Waals surface area contributed by atoms with Crippen molar-refractivity contribution in [2.45, 2.75) is 44.1 Å². The lowest BCUT2D eigenvalue weighted by Crippen LogP contribution is -2.71. The fourth-order valence-electron chi connectivity index (χ4n) is 4.99. The topological polar surface area (TPSA) is 101 Å². The van der Waals surface area contributed by atoms with E-state index in [9.17, 15) is 18.0 Å². The predicted molar refractivity (Wildman–Crippen MR) is 110 cm³/mol. The standard InChI is InChI=1S/C22H23F3N4O4/c1-19(2)20(10-31-11-20)21(12-32-18(26)27-21)14-7-13(3-4-17(14)33-19)8-16(30)15-5-6-29(28-15)9-22(23,24)25/h3-7H,8-12H2,1-2H3,(H2,26,27). The summed E-state index contributed by atoms with van der Waals surface area (Å²) in [7, 11) is 0. The maximum absolute atomic E-state index is 12.7. The molecule has 2 aromatic rings. The number of carbonyl (C=O) groups is 1. The van der Waals surface area contributed by atoms with Crippen LogP contribution in [0.25, 0.3) is 0 Å². The van der Waals surface area contributed by atoms with Gasteiger partial charge in [-0.3, -0.25) is 9.48 Å². The second-order valence-electron chi connectivity index (χ2n) is 9.23. The third kappa shape index (κ3) is 3.28. The van der Waals surface area contributed by atoms with E-state index in [1.165, 1.54) is 6.07 Å². The number of ether oxygens (including phenoxy) is 3. The van der Waals surface area contributed by atoms with Crippen molar-refractivity contribution in [1.82, 2.24) is 9.78 Å². The normalized spacial score (nSPS) is 24.6. The number of hydrogen-bond acceptors (Lipinski definition) is 7. The van der Waals surface area contributed by atoms with Gasteiger partial charge < -0.3 is 19.9 Å². The Morgan fingerprint density at radius 2 is 1.97 bits per heavy atom. The van der Waals surface area contributed by atoms with E-state index in [4.69, 9.17) is 24.9 Å². The SMILES string of the molecule is CC1(C)Oc2ccc(CC(=O)c3ccn(CC(F)(F)F)n3)cc2C2(COC(N)=N2)C12COC2. The number of rotatable bonds is 4. The van der Waals surface area contributed by atoms with Gasteiger partial charge >= 0.3 is 6.18 Å². The van der Waals surface area contributed by atoms with Crippen LogP contribution in [0.15, 0.2) is 35.5 Å². The lowest BCUT2D eigenvalue weighted by Gasteiger charge is -2.61. The molecule has 2 spiro atoms. The molecule has 0 radical (unpaired) electrons. The van der Waals surface area contributed by atoms with Gasteiger partial charge in [-0.05, 0) is 37.6 Å². The molecule has 0 aliphatic carbocycles. The Hall–Kier alpha value is -3.08. The van der Waals surface area contributed by atoms with Crippen LogP contribution in [0.4, 0.5) is 13.2 Å². The summed E-state index contributed by atoms with van der Waals surface area (Å²) in [4.78, 5) is 17.5. The molecule has 1 saturated heterocycles. The fourth-order valence-corrected chi connectivity index (χ4v) is 4.99. The number of nitrogens with two attached hydrogens (primary N) is 1. The van der Waals surface area contributed by atoms with E-state index in [-0.39, 0.29) is 24.7 Å². The molecule has 11 heteroatoms. The highest BCUT2D eigenvalue weighted by Crippen LogP contribution is 2.62. The zero-order valence-corrected chi connectivity index (χ0v) is 18.1. The van der Waals surface area contributed by atoms with E-state index >= 15 is 0 Å². The summed E-state index contributed by atoms with van der Waals surface area (Å²) in [5.74, 6) is 0.222. The van der Waals surface area contributed by atoms with Crippen molar-refractivity contribution in [2.75, 3.05) is 19.8 Å². The summed E-state index contributed by atoms with van der Waals surface area (Å²) < 4.78 is 56.0. The van der Waals surface area contributed by atoms with Gasteiger partial charge in [-0.25, -0.2) is 4.99 Å². The maximum Gasteiger partial charge on any atom is 0.408 e. The Morgan fingerprint density at radius 3 is 2.58 bits per heavy atom. The van der Waals surface area contributed by atoms with E-state index in [0.717, 1.165) is 11.8 Å². The highest BCUT2D eigenvalue weighted by molar-refractivity contribution is 5.95. The van der Waals surface area contributed by atoms with Crippen molar-refractivity contribution >= 4 is 11.8 Å². The zero-order chi connectivity index (χ0) is 23.6. The zero-order valence-electron chi connectivity index (χ0n) is 18.1. The molecule has 1 aromatic heterocycles. The molecule has 4 heterocycles. The van der Waals surface area contributed by atoms with Crippen LogP contribution in [0.2, 0.25) is 0 Å². The van der Waals surface area contributed by atoms with E-state index in [0.29, 0.717) is 29.2 Å². The first kappa shape index (κ1) is 21.7. The second-order valence-corrected chi connectivity index (χ2v) is 9.23. The molecule has 1 fully saturated rings. The van der Waals surface area contributed by atoms with Gasteiger partial charge in [-0.2, -0.15) is 18.3 Å². The van der Waals surface area contributed by atoms with Gasteiger partial charge in [0.15, 0.2) is 5.78 Å². The summed E-state index contributed by atoms with van der Waals surface area (Å²) in [6.45, 7) is 3.77. The minimum absolute atomic E-state index is 0.0283. The fraction of sp³-hybridized carbons (Fsp3) is 0.500. The quantitative estimate of drug-likeness (QED) is 0.699. The molecule has 5 rings (SSSR count). The summed E-state index contributed by atoms with van der Waals surface area (Å²) in [5.41, 5.74) is 5.35. The minimum atomic E-state index is -4.42. The van der Waals surface area contributed by atoms with Gasteiger partial charge in [0.25, 0.3) is 6.02 Å². The first-order valence-electron chi connectivity index (χ1n) is 10.5. The molecule has 2 N–H and O–H groups in total. The predicted octanol–water partition coefficient (Wildman–Crippen LogP) is 2.60. The maximum atomic E-state index is 12.7. The number of halogens is 3. The number of benzene rings is 1. The van der Waals surface area contributed by atoms with Crippen LogP contribution in [0.3, 0.4) is 0 Å². The molecule has 33 heavy (non-hydrogen) atoms. The molecule has 3 aliphatic rings. The number of alkyl halides is 3.